The number of H-pyrrole nitrogens is 1. The number of hydrogen-bond acceptors (Lipinski definition) is 3. The van der Waals surface area contributed by atoms with E-state index in [0.29, 0.717) is 5.52 Å². The molecule has 1 aromatic carbocycles. The lowest BCUT2D eigenvalue weighted by atomic mass is 9.98. The topological polar surface area (TPSA) is 66.7 Å². The van der Waals surface area contributed by atoms with Crippen LogP contribution in [0.15, 0.2) is 18.2 Å². The van der Waals surface area contributed by atoms with Crippen LogP contribution in [0.4, 0.5) is 4.39 Å². The number of aromatic amines is 1. The molecule has 80 valence electrons. The standard InChI is InChI=1S/C10H13FN4/c1-10(2,15-12)9-6-4-3-5-7(11)8(6)13-14-9/h3-5,15H,12H2,1-2H3,(H,13,14). The van der Waals surface area contributed by atoms with E-state index in [1.807, 2.05) is 19.9 Å². The predicted molar refractivity (Wildman–Crippen MR) is 56.4 cm³/mol. The Balaban J connectivity index is 2.69. The Morgan fingerprint density at radius 1 is 1.47 bits per heavy atom. The van der Waals surface area contributed by atoms with Crippen LogP contribution in [-0.2, 0) is 5.54 Å². The van der Waals surface area contributed by atoms with E-state index in [1.54, 1.807) is 6.07 Å². The molecule has 2 aromatic rings. The van der Waals surface area contributed by atoms with Gasteiger partial charge in [-0.15, -0.1) is 0 Å². The Hall–Kier alpha value is -1.46. The molecule has 4 N–H and O–H groups in total. The fraction of sp³-hybridized carbons (Fsp3) is 0.300. The molecule has 0 saturated heterocycles. The number of aromatic nitrogens is 2. The van der Waals surface area contributed by atoms with Gasteiger partial charge in [0.2, 0.25) is 0 Å². The molecular weight excluding hydrogens is 195 g/mol. The molecule has 0 bridgehead atoms. The summed E-state index contributed by atoms with van der Waals surface area (Å²) in [5.41, 5.74) is 3.31. The fourth-order valence-electron chi connectivity index (χ4n) is 1.55. The molecule has 1 aromatic heterocycles. The van der Waals surface area contributed by atoms with E-state index in [4.69, 9.17) is 5.84 Å². The predicted octanol–water partition coefficient (Wildman–Crippen LogP) is 1.40. The summed E-state index contributed by atoms with van der Waals surface area (Å²) >= 11 is 0. The van der Waals surface area contributed by atoms with Gasteiger partial charge in [-0.05, 0) is 19.9 Å². The van der Waals surface area contributed by atoms with Crippen molar-refractivity contribution < 1.29 is 4.39 Å². The zero-order valence-electron chi connectivity index (χ0n) is 8.63. The second kappa shape index (κ2) is 3.29. The molecule has 0 aliphatic rings. The average molecular weight is 208 g/mol. The highest BCUT2D eigenvalue weighted by Crippen LogP contribution is 2.26. The van der Waals surface area contributed by atoms with Crippen LogP contribution in [0.5, 0.6) is 0 Å². The molecule has 4 nitrogen and oxygen atoms in total. The Morgan fingerprint density at radius 2 is 2.20 bits per heavy atom. The molecule has 2 rings (SSSR count). The van der Waals surface area contributed by atoms with Crippen molar-refractivity contribution in [3.05, 3.63) is 29.7 Å². The van der Waals surface area contributed by atoms with Gasteiger partial charge in [-0.25, -0.2) is 9.82 Å². The van der Waals surface area contributed by atoms with Crippen LogP contribution in [0.3, 0.4) is 0 Å². The van der Waals surface area contributed by atoms with E-state index < -0.39 is 5.54 Å². The van der Waals surface area contributed by atoms with Crippen LogP contribution in [0.1, 0.15) is 19.5 Å². The minimum absolute atomic E-state index is 0.331. The first-order chi connectivity index (χ1) is 7.06. The van der Waals surface area contributed by atoms with Crippen LogP contribution >= 0.6 is 0 Å². The third-order valence-electron chi connectivity index (χ3n) is 2.52. The number of fused-ring (bicyclic) bond motifs is 1. The van der Waals surface area contributed by atoms with Crippen LogP contribution in [-0.4, -0.2) is 10.2 Å². The molecule has 5 heteroatoms. The van der Waals surface area contributed by atoms with Crippen LogP contribution in [0.25, 0.3) is 10.9 Å². The summed E-state index contributed by atoms with van der Waals surface area (Å²) in [5.74, 6) is 5.10. The molecule has 0 aliphatic heterocycles. The fourth-order valence-corrected chi connectivity index (χ4v) is 1.55. The molecule has 0 fully saturated rings. The summed E-state index contributed by atoms with van der Waals surface area (Å²) in [7, 11) is 0. The third kappa shape index (κ3) is 1.49. The summed E-state index contributed by atoms with van der Waals surface area (Å²) in [6, 6.07) is 4.86. The van der Waals surface area contributed by atoms with Crippen LogP contribution in [0, 0.1) is 5.82 Å². The summed E-state index contributed by atoms with van der Waals surface area (Å²) in [5, 5.41) is 7.50. The van der Waals surface area contributed by atoms with Gasteiger partial charge < -0.3 is 0 Å². The molecule has 0 radical (unpaired) electrons. The zero-order chi connectivity index (χ0) is 11.1. The lowest BCUT2D eigenvalue weighted by Gasteiger charge is -2.22. The van der Waals surface area contributed by atoms with E-state index in [1.165, 1.54) is 6.07 Å². The number of nitrogens with zero attached hydrogens (tertiary/aromatic N) is 1. The molecule has 0 spiro atoms. The summed E-state index contributed by atoms with van der Waals surface area (Å²) in [4.78, 5) is 0. The first-order valence-electron chi connectivity index (χ1n) is 4.67. The van der Waals surface area contributed by atoms with Gasteiger partial charge in [0.25, 0.3) is 0 Å². The number of rotatable bonds is 2. The lowest BCUT2D eigenvalue weighted by molar-refractivity contribution is 0.405. The first-order valence-corrected chi connectivity index (χ1v) is 4.67. The summed E-state index contributed by atoms with van der Waals surface area (Å²) in [6.45, 7) is 3.79. The van der Waals surface area contributed by atoms with Gasteiger partial charge >= 0.3 is 0 Å². The minimum Gasteiger partial charge on any atom is -0.279 e. The second-order valence-electron chi connectivity index (χ2n) is 4.00. The second-order valence-corrected chi connectivity index (χ2v) is 4.00. The number of benzene rings is 1. The van der Waals surface area contributed by atoms with Crippen molar-refractivity contribution in [3.63, 3.8) is 0 Å². The van der Waals surface area contributed by atoms with E-state index in [9.17, 15) is 4.39 Å². The van der Waals surface area contributed by atoms with E-state index in [2.05, 4.69) is 15.6 Å². The SMILES string of the molecule is CC(C)(NN)c1[nH]nc2c(F)cccc12. The molecule has 0 amide bonds. The number of halogens is 1. The maximum absolute atomic E-state index is 13.4. The van der Waals surface area contributed by atoms with Crippen LogP contribution < -0.4 is 11.3 Å². The van der Waals surface area contributed by atoms with Gasteiger partial charge in [0.1, 0.15) is 5.52 Å². The Bertz CT molecular complexity index is 489. The van der Waals surface area contributed by atoms with Crippen molar-refractivity contribution in [2.24, 2.45) is 5.84 Å². The van der Waals surface area contributed by atoms with E-state index in [-0.39, 0.29) is 5.82 Å². The van der Waals surface area contributed by atoms with E-state index >= 15 is 0 Å². The van der Waals surface area contributed by atoms with Gasteiger partial charge in [0, 0.05) is 5.39 Å². The van der Waals surface area contributed by atoms with Crippen molar-refractivity contribution in [2.75, 3.05) is 0 Å². The summed E-state index contributed by atoms with van der Waals surface area (Å²) in [6.07, 6.45) is 0. The minimum atomic E-state index is -0.470. The number of nitrogens with one attached hydrogen (secondary N) is 2. The number of nitrogens with two attached hydrogens (primary N) is 1. The quantitative estimate of drug-likeness (QED) is 0.516. The Morgan fingerprint density at radius 3 is 2.87 bits per heavy atom. The van der Waals surface area contributed by atoms with Gasteiger partial charge in [0.15, 0.2) is 5.82 Å². The maximum atomic E-state index is 13.4. The first kappa shape index (κ1) is 10.1. The summed E-state index contributed by atoms with van der Waals surface area (Å²) < 4.78 is 13.4. The normalized spacial score (nSPS) is 12.3. The molecule has 15 heavy (non-hydrogen) atoms. The van der Waals surface area contributed by atoms with Gasteiger partial charge in [-0.2, -0.15) is 5.10 Å². The third-order valence-corrected chi connectivity index (χ3v) is 2.52. The maximum Gasteiger partial charge on any atom is 0.151 e. The molecular formula is C10H13FN4. The highest BCUT2D eigenvalue weighted by molar-refractivity contribution is 5.82. The van der Waals surface area contributed by atoms with Crippen molar-refractivity contribution >= 4 is 10.9 Å². The Labute approximate surface area is 86.6 Å². The molecule has 1 heterocycles. The number of para-hydroxylation sites is 1. The molecule has 0 aliphatic carbocycles. The monoisotopic (exact) mass is 208 g/mol. The smallest absolute Gasteiger partial charge is 0.151 e. The zero-order valence-corrected chi connectivity index (χ0v) is 8.63. The Kier molecular flexibility index (Phi) is 2.21. The average Bonchev–Trinajstić information content (AvgIpc) is 2.63. The highest BCUT2D eigenvalue weighted by Gasteiger charge is 2.24. The van der Waals surface area contributed by atoms with Crippen LogP contribution in [0.2, 0.25) is 0 Å². The lowest BCUT2D eigenvalue weighted by Crippen LogP contribution is -2.42. The highest BCUT2D eigenvalue weighted by atomic mass is 19.1. The van der Waals surface area contributed by atoms with E-state index in [0.717, 1.165) is 11.1 Å². The molecule has 0 saturated carbocycles. The van der Waals surface area contributed by atoms with Crippen molar-refractivity contribution in [3.8, 4) is 0 Å². The molecule has 0 atom stereocenters. The van der Waals surface area contributed by atoms with Gasteiger partial charge in [0.05, 0.1) is 11.2 Å². The van der Waals surface area contributed by atoms with Gasteiger partial charge in [-0.1, -0.05) is 12.1 Å². The van der Waals surface area contributed by atoms with Crippen molar-refractivity contribution in [2.45, 2.75) is 19.4 Å². The number of hydrazine groups is 1. The van der Waals surface area contributed by atoms with Crippen molar-refractivity contribution in [1.29, 1.82) is 0 Å². The van der Waals surface area contributed by atoms with Crippen molar-refractivity contribution in [1.82, 2.24) is 15.6 Å². The van der Waals surface area contributed by atoms with Gasteiger partial charge in [-0.3, -0.25) is 10.9 Å². The molecule has 0 unspecified atom stereocenters. The number of hydrogen-bond donors (Lipinski definition) is 3. The largest absolute Gasteiger partial charge is 0.279 e.